The number of halogens is 2. The first-order valence-electron chi connectivity index (χ1n) is 3.93. The Morgan fingerprint density at radius 3 is 2.50 bits per heavy atom. The minimum atomic E-state index is -2.47. The molecular weight excluding hydrogens is 134 g/mol. The molecule has 1 fully saturated rings. The molecule has 2 heteroatoms. The van der Waals surface area contributed by atoms with Crippen molar-refractivity contribution in [2.45, 2.75) is 44.4 Å². The van der Waals surface area contributed by atoms with Crippen LogP contribution in [0.15, 0.2) is 0 Å². The van der Waals surface area contributed by atoms with Gasteiger partial charge in [0.15, 0.2) is 0 Å². The van der Waals surface area contributed by atoms with Crippen molar-refractivity contribution >= 4 is 0 Å². The molecule has 1 aliphatic rings. The van der Waals surface area contributed by atoms with E-state index in [2.05, 4.69) is 0 Å². The fourth-order valence-electron chi connectivity index (χ4n) is 1.27. The summed E-state index contributed by atoms with van der Waals surface area (Å²) in [5.41, 5.74) is 0. The van der Waals surface area contributed by atoms with Gasteiger partial charge in [-0.2, -0.15) is 0 Å². The quantitative estimate of drug-likeness (QED) is 0.493. The first-order valence-corrected chi connectivity index (χ1v) is 3.93. The Balaban J connectivity index is 2.30. The van der Waals surface area contributed by atoms with E-state index in [0.717, 1.165) is 19.3 Å². The largest absolute Gasteiger partial charge is 0.251 e. The third kappa shape index (κ3) is 2.63. The monoisotopic (exact) mass is 147 g/mol. The summed E-state index contributed by atoms with van der Waals surface area (Å²) in [6.07, 6.45) is 5.54. The van der Waals surface area contributed by atoms with E-state index in [0.29, 0.717) is 12.8 Å². The summed E-state index contributed by atoms with van der Waals surface area (Å²) in [5.74, 6) is -2.47. The highest BCUT2D eigenvalue weighted by Crippen LogP contribution is 2.29. The van der Waals surface area contributed by atoms with E-state index in [4.69, 9.17) is 0 Å². The normalized spacial score (nSPS) is 27.0. The van der Waals surface area contributed by atoms with Crippen LogP contribution < -0.4 is 0 Å². The molecule has 0 aliphatic heterocycles. The third-order valence-corrected chi connectivity index (χ3v) is 1.91. The van der Waals surface area contributed by atoms with Gasteiger partial charge in [-0.25, -0.2) is 8.78 Å². The molecule has 1 rings (SSSR count). The van der Waals surface area contributed by atoms with Crippen molar-refractivity contribution in [3.63, 3.8) is 0 Å². The minimum Gasteiger partial charge on any atom is -0.207 e. The maximum Gasteiger partial charge on any atom is 0.251 e. The van der Waals surface area contributed by atoms with Gasteiger partial charge in [-0.3, -0.25) is 0 Å². The Labute approximate surface area is 60.6 Å². The molecule has 1 radical (unpaired) electrons. The highest BCUT2D eigenvalue weighted by molar-refractivity contribution is 4.84. The lowest BCUT2D eigenvalue weighted by Crippen LogP contribution is -2.17. The maximum atomic E-state index is 12.6. The molecule has 0 unspecified atom stereocenters. The maximum absolute atomic E-state index is 12.6. The average Bonchev–Trinajstić information content (AvgIpc) is 1.81. The summed E-state index contributed by atoms with van der Waals surface area (Å²) in [4.78, 5) is 0. The Morgan fingerprint density at radius 2 is 1.70 bits per heavy atom. The van der Waals surface area contributed by atoms with Crippen LogP contribution in [0.1, 0.15) is 38.5 Å². The van der Waals surface area contributed by atoms with Crippen LogP contribution >= 0.6 is 0 Å². The van der Waals surface area contributed by atoms with Crippen molar-refractivity contribution in [3.8, 4) is 0 Å². The number of hydrogen-bond acceptors (Lipinski definition) is 0. The van der Waals surface area contributed by atoms with E-state index in [1.807, 2.05) is 0 Å². The minimum absolute atomic E-state index is 0.0625. The summed E-state index contributed by atoms with van der Waals surface area (Å²) >= 11 is 0. The second kappa shape index (κ2) is 3.31. The van der Waals surface area contributed by atoms with Crippen molar-refractivity contribution in [3.05, 3.63) is 6.42 Å². The molecule has 0 bridgehead atoms. The molecule has 0 amide bonds. The van der Waals surface area contributed by atoms with Crippen LogP contribution in [0, 0.1) is 6.42 Å². The molecule has 59 valence electrons. The Bertz CT molecular complexity index is 89.4. The molecule has 0 nitrogen and oxygen atoms in total. The van der Waals surface area contributed by atoms with Crippen LogP contribution in [-0.4, -0.2) is 5.92 Å². The second-order valence-electron chi connectivity index (χ2n) is 2.92. The van der Waals surface area contributed by atoms with Gasteiger partial charge in [0.1, 0.15) is 0 Å². The molecule has 10 heavy (non-hydrogen) atoms. The Kier molecular flexibility index (Phi) is 2.64. The van der Waals surface area contributed by atoms with Gasteiger partial charge in [0.05, 0.1) is 0 Å². The first-order chi connectivity index (χ1) is 4.71. The van der Waals surface area contributed by atoms with Crippen molar-refractivity contribution in [2.24, 2.45) is 0 Å². The molecule has 0 atom stereocenters. The molecule has 1 aliphatic carbocycles. The molecule has 0 N–H and O–H groups in total. The van der Waals surface area contributed by atoms with Gasteiger partial charge in [-0.15, -0.1) is 0 Å². The highest BCUT2D eigenvalue weighted by atomic mass is 19.3. The number of rotatable bonds is 0. The molecule has 0 saturated heterocycles. The summed E-state index contributed by atoms with van der Waals surface area (Å²) in [6.45, 7) is 0. The van der Waals surface area contributed by atoms with E-state index in [1.54, 1.807) is 0 Å². The number of alkyl halides is 2. The van der Waals surface area contributed by atoms with Gasteiger partial charge in [-0.1, -0.05) is 19.3 Å². The highest BCUT2D eigenvalue weighted by Gasteiger charge is 2.28. The molecule has 0 aromatic heterocycles. The summed E-state index contributed by atoms with van der Waals surface area (Å²) in [6, 6.07) is 0. The van der Waals surface area contributed by atoms with Crippen molar-refractivity contribution < 1.29 is 8.78 Å². The molecule has 0 spiro atoms. The van der Waals surface area contributed by atoms with Gasteiger partial charge >= 0.3 is 0 Å². The van der Waals surface area contributed by atoms with Gasteiger partial charge in [0.25, 0.3) is 5.92 Å². The van der Waals surface area contributed by atoms with E-state index in [1.165, 1.54) is 6.42 Å². The van der Waals surface area contributed by atoms with Crippen molar-refractivity contribution in [1.29, 1.82) is 0 Å². The van der Waals surface area contributed by atoms with Gasteiger partial charge in [0, 0.05) is 12.8 Å². The van der Waals surface area contributed by atoms with E-state index < -0.39 is 5.92 Å². The van der Waals surface area contributed by atoms with Gasteiger partial charge in [0.2, 0.25) is 0 Å². The van der Waals surface area contributed by atoms with Crippen LogP contribution in [0.5, 0.6) is 0 Å². The molecule has 0 aromatic carbocycles. The first kappa shape index (κ1) is 7.96. The fraction of sp³-hybridized carbons (Fsp3) is 0.875. The summed E-state index contributed by atoms with van der Waals surface area (Å²) in [7, 11) is 0. The van der Waals surface area contributed by atoms with E-state index in [9.17, 15) is 8.78 Å². The Hall–Kier alpha value is -0.140. The smallest absolute Gasteiger partial charge is 0.207 e. The standard InChI is InChI=1S/C8H13F2/c9-8(10)6-4-2-1-3-5-7-8/h6H,1-5,7H2. The van der Waals surface area contributed by atoms with Crippen LogP contribution in [0.3, 0.4) is 0 Å². The van der Waals surface area contributed by atoms with Crippen molar-refractivity contribution in [2.75, 3.05) is 0 Å². The molecule has 1 saturated carbocycles. The fourth-order valence-corrected chi connectivity index (χ4v) is 1.27. The molecule has 0 heterocycles. The number of hydrogen-bond donors (Lipinski definition) is 0. The SMILES string of the molecule is FC1(F)[CH]CCCCCC1. The lowest BCUT2D eigenvalue weighted by molar-refractivity contribution is 0.0184. The lowest BCUT2D eigenvalue weighted by atomic mass is 9.98. The van der Waals surface area contributed by atoms with Crippen LogP contribution in [0.25, 0.3) is 0 Å². The second-order valence-corrected chi connectivity index (χ2v) is 2.92. The van der Waals surface area contributed by atoms with Crippen LogP contribution in [0.2, 0.25) is 0 Å². The van der Waals surface area contributed by atoms with Crippen LogP contribution in [0.4, 0.5) is 8.78 Å². The predicted octanol–water partition coefficient (Wildman–Crippen LogP) is 3.18. The van der Waals surface area contributed by atoms with Crippen molar-refractivity contribution in [1.82, 2.24) is 0 Å². The van der Waals surface area contributed by atoms with Gasteiger partial charge in [-0.05, 0) is 12.8 Å². The van der Waals surface area contributed by atoms with E-state index in [-0.39, 0.29) is 6.42 Å². The lowest BCUT2D eigenvalue weighted by Gasteiger charge is -2.17. The topological polar surface area (TPSA) is 0 Å². The van der Waals surface area contributed by atoms with E-state index >= 15 is 0 Å². The van der Waals surface area contributed by atoms with Gasteiger partial charge < -0.3 is 0 Å². The average molecular weight is 147 g/mol. The molecule has 0 aromatic rings. The zero-order valence-corrected chi connectivity index (χ0v) is 6.08. The summed E-state index contributed by atoms with van der Waals surface area (Å²) < 4.78 is 25.2. The van der Waals surface area contributed by atoms with Crippen LogP contribution in [-0.2, 0) is 0 Å². The zero-order valence-electron chi connectivity index (χ0n) is 6.08. The molecular formula is C8H13F2. The third-order valence-electron chi connectivity index (χ3n) is 1.91. The zero-order chi connectivity index (χ0) is 7.45. The predicted molar refractivity (Wildman–Crippen MR) is 36.9 cm³/mol. The Morgan fingerprint density at radius 1 is 1.00 bits per heavy atom. The summed E-state index contributed by atoms with van der Waals surface area (Å²) in [5, 5.41) is 0.